The molecule has 0 saturated carbocycles. The molecule has 1 aliphatic rings. The first-order chi connectivity index (χ1) is 10.5. The summed E-state index contributed by atoms with van der Waals surface area (Å²) in [6.07, 6.45) is 1.52. The Balaban J connectivity index is 2.36. The highest BCUT2D eigenvalue weighted by atomic mass is 16.2. The van der Waals surface area contributed by atoms with Gasteiger partial charge in [0.25, 0.3) is 0 Å². The molecule has 3 heterocycles. The summed E-state index contributed by atoms with van der Waals surface area (Å²) in [5.41, 5.74) is 0.131. The zero-order valence-electron chi connectivity index (χ0n) is 12.6. The molecule has 2 aromatic rings. The molecule has 1 N–H and O–H groups in total. The number of carbonyl (C=O) groups excluding carboxylic acids is 1. The highest BCUT2D eigenvalue weighted by molar-refractivity contribution is 5.93. The Labute approximate surface area is 126 Å². The second-order valence-corrected chi connectivity index (χ2v) is 5.62. The fourth-order valence-corrected chi connectivity index (χ4v) is 2.93. The van der Waals surface area contributed by atoms with Gasteiger partial charge in [0.15, 0.2) is 11.4 Å². The van der Waals surface area contributed by atoms with Crippen molar-refractivity contribution >= 4 is 16.9 Å². The molecule has 0 spiro atoms. The minimum absolute atomic E-state index is 0.0696. The number of rotatable bonds is 2. The van der Waals surface area contributed by atoms with E-state index in [2.05, 4.69) is 10.3 Å². The second kappa shape index (κ2) is 5.49. The lowest BCUT2D eigenvalue weighted by atomic mass is 10.1. The van der Waals surface area contributed by atoms with E-state index in [1.165, 1.54) is 16.1 Å². The van der Waals surface area contributed by atoms with Gasteiger partial charge in [0.05, 0.1) is 5.52 Å². The van der Waals surface area contributed by atoms with Crippen molar-refractivity contribution in [2.75, 3.05) is 13.1 Å². The third-order valence-electron chi connectivity index (χ3n) is 4.18. The number of hydrogen-bond acceptors (Lipinski definition) is 5. The van der Waals surface area contributed by atoms with Crippen LogP contribution in [0.5, 0.6) is 0 Å². The zero-order valence-corrected chi connectivity index (χ0v) is 12.6. The summed E-state index contributed by atoms with van der Waals surface area (Å²) in [5.74, 6) is -0.167. The second-order valence-electron chi connectivity index (χ2n) is 5.62. The molecule has 3 rings (SSSR count). The first kappa shape index (κ1) is 14.6. The molecule has 1 fully saturated rings. The average Bonchev–Trinajstić information content (AvgIpc) is 2.53. The number of hydrogen-bond donors (Lipinski definition) is 1. The van der Waals surface area contributed by atoms with E-state index in [0.29, 0.717) is 16.9 Å². The van der Waals surface area contributed by atoms with Gasteiger partial charge in [-0.05, 0) is 38.1 Å². The van der Waals surface area contributed by atoms with E-state index in [9.17, 15) is 14.4 Å². The largest absolute Gasteiger partial charge is 0.318 e. The molecule has 0 aliphatic carbocycles. The molecular weight excluding hydrogens is 284 g/mol. The molecule has 22 heavy (non-hydrogen) atoms. The number of piperidine rings is 1. The number of aromatic nitrogens is 3. The molecule has 116 valence electrons. The standard InChI is InChI=1S/C15H18N4O3/c1-9(20)11-3-4-12-13(17-11)19(10-5-7-16-8-6-10)15(22)14(21)18(12)2/h3-4,10,16H,5-8H2,1-2H3. The van der Waals surface area contributed by atoms with Crippen LogP contribution in [0.1, 0.15) is 36.3 Å². The maximum Gasteiger partial charge on any atom is 0.318 e. The van der Waals surface area contributed by atoms with Crippen LogP contribution in [-0.2, 0) is 7.05 Å². The van der Waals surface area contributed by atoms with E-state index >= 15 is 0 Å². The molecular formula is C15H18N4O3. The summed E-state index contributed by atoms with van der Waals surface area (Å²) in [6.45, 7) is 3.02. The van der Waals surface area contributed by atoms with Gasteiger partial charge in [0.1, 0.15) is 5.69 Å². The van der Waals surface area contributed by atoms with Crippen molar-refractivity contribution < 1.29 is 4.79 Å². The Bertz CT molecular complexity index is 859. The number of fused-ring (bicyclic) bond motifs is 1. The number of aryl methyl sites for hydroxylation is 1. The Hall–Kier alpha value is -2.28. The normalized spacial score (nSPS) is 16.1. The van der Waals surface area contributed by atoms with E-state index in [1.54, 1.807) is 19.2 Å². The molecule has 0 bridgehead atoms. The SMILES string of the molecule is CC(=O)c1ccc2c(n1)n(C1CCNCC1)c(=O)c(=O)n2C. The van der Waals surface area contributed by atoms with Crippen molar-refractivity contribution in [3.8, 4) is 0 Å². The quantitative estimate of drug-likeness (QED) is 0.633. The van der Waals surface area contributed by atoms with Crippen LogP contribution in [0, 0.1) is 0 Å². The number of nitrogens with zero attached hydrogens (tertiary/aromatic N) is 3. The van der Waals surface area contributed by atoms with Crippen molar-refractivity contribution in [2.45, 2.75) is 25.8 Å². The predicted octanol–water partition coefficient (Wildman–Crippen LogP) is 0.222. The average molecular weight is 302 g/mol. The van der Waals surface area contributed by atoms with Gasteiger partial charge < -0.3 is 9.88 Å². The molecule has 2 aromatic heterocycles. The van der Waals surface area contributed by atoms with E-state index < -0.39 is 11.1 Å². The summed E-state index contributed by atoms with van der Waals surface area (Å²) in [6, 6.07) is 3.19. The Morgan fingerprint density at radius 1 is 1.23 bits per heavy atom. The summed E-state index contributed by atoms with van der Waals surface area (Å²) in [4.78, 5) is 40.6. The highest BCUT2D eigenvalue weighted by Gasteiger charge is 2.22. The molecule has 0 atom stereocenters. The molecule has 0 unspecified atom stereocenters. The van der Waals surface area contributed by atoms with E-state index in [0.717, 1.165) is 25.9 Å². The third kappa shape index (κ3) is 2.27. The monoisotopic (exact) mass is 302 g/mol. The van der Waals surface area contributed by atoms with Crippen molar-refractivity contribution in [1.29, 1.82) is 0 Å². The number of pyridine rings is 1. The van der Waals surface area contributed by atoms with Crippen LogP contribution in [0.2, 0.25) is 0 Å². The van der Waals surface area contributed by atoms with Crippen molar-refractivity contribution in [3.05, 3.63) is 38.5 Å². The lowest BCUT2D eigenvalue weighted by Gasteiger charge is -2.26. The lowest BCUT2D eigenvalue weighted by molar-refractivity contribution is 0.101. The van der Waals surface area contributed by atoms with Crippen molar-refractivity contribution in [3.63, 3.8) is 0 Å². The van der Waals surface area contributed by atoms with Gasteiger partial charge in [0, 0.05) is 20.0 Å². The van der Waals surface area contributed by atoms with Crippen LogP contribution in [0.15, 0.2) is 21.7 Å². The van der Waals surface area contributed by atoms with Crippen LogP contribution in [0.25, 0.3) is 11.2 Å². The van der Waals surface area contributed by atoms with Crippen LogP contribution in [-0.4, -0.2) is 33.0 Å². The molecule has 1 saturated heterocycles. The first-order valence-electron chi connectivity index (χ1n) is 7.34. The molecule has 1 aliphatic heterocycles. The van der Waals surface area contributed by atoms with Crippen LogP contribution >= 0.6 is 0 Å². The van der Waals surface area contributed by atoms with E-state index in [1.807, 2.05) is 0 Å². The predicted molar refractivity (Wildman–Crippen MR) is 82.4 cm³/mol. The fourth-order valence-electron chi connectivity index (χ4n) is 2.93. The minimum atomic E-state index is -0.574. The smallest absolute Gasteiger partial charge is 0.317 e. The number of Topliss-reactive ketones (excluding diaryl/α,β-unsaturated/α-hetero) is 1. The van der Waals surface area contributed by atoms with Crippen molar-refractivity contribution in [1.82, 2.24) is 19.4 Å². The maximum absolute atomic E-state index is 12.5. The Morgan fingerprint density at radius 2 is 1.91 bits per heavy atom. The van der Waals surface area contributed by atoms with Gasteiger partial charge in [-0.3, -0.25) is 19.0 Å². The van der Waals surface area contributed by atoms with Crippen LogP contribution in [0.4, 0.5) is 0 Å². The van der Waals surface area contributed by atoms with Crippen LogP contribution in [0.3, 0.4) is 0 Å². The van der Waals surface area contributed by atoms with Crippen LogP contribution < -0.4 is 16.4 Å². The first-order valence-corrected chi connectivity index (χ1v) is 7.34. The topological polar surface area (TPSA) is 86.0 Å². The van der Waals surface area contributed by atoms with Gasteiger partial charge in [-0.1, -0.05) is 0 Å². The summed E-state index contributed by atoms with van der Waals surface area (Å²) < 4.78 is 2.77. The molecule has 0 aromatic carbocycles. The van der Waals surface area contributed by atoms with E-state index in [4.69, 9.17) is 0 Å². The fraction of sp³-hybridized carbons (Fsp3) is 0.467. The summed E-state index contributed by atoms with van der Waals surface area (Å²) in [7, 11) is 1.55. The third-order valence-corrected chi connectivity index (χ3v) is 4.18. The maximum atomic E-state index is 12.5. The van der Waals surface area contributed by atoms with Gasteiger partial charge >= 0.3 is 11.1 Å². The molecule has 7 nitrogen and oxygen atoms in total. The Morgan fingerprint density at radius 3 is 2.55 bits per heavy atom. The highest BCUT2D eigenvalue weighted by Crippen LogP contribution is 2.20. The van der Waals surface area contributed by atoms with Gasteiger partial charge in [0.2, 0.25) is 0 Å². The van der Waals surface area contributed by atoms with E-state index in [-0.39, 0.29) is 11.8 Å². The summed E-state index contributed by atoms with van der Waals surface area (Å²) >= 11 is 0. The minimum Gasteiger partial charge on any atom is -0.317 e. The molecule has 0 amide bonds. The molecule has 0 radical (unpaired) electrons. The van der Waals surface area contributed by atoms with Gasteiger partial charge in [-0.15, -0.1) is 0 Å². The zero-order chi connectivity index (χ0) is 15.9. The molecule has 7 heteroatoms. The van der Waals surface area contributed by atoms with Gasteiger partial charge in [-0.25, -0.2) is 4.98 Å². The Kier molecular flexibility index (Phi) is 3.66. The van der Waals surface area contributed by atoms with Gasteiger partial charge in [-0.2, -0.15) is 0 Å². The lowest BCUT2D eigenvalue weighted by Crippen LogP contribution is -2.44. The number of carbonyl (C=O) groups is 1. The van der Waals surface area contributed by atoms with Crippen molar-refractivity contribution in [2.24, 2.45) is 7.05 Å². The number of nitrogens with one attached hydrogen (secondary N) is 1. The number of ketones is 1. The summed E-state index contributed by atoms with van der Waals surface area (Å²) in [5, 5.41) is 3.23.